The number of rotatable bonds is 3. The van der Waals surface area contributed by atoms with Crippen molar-refractivity contribution in [3.8, 4) is 0 Å². The summed E-state index contributed by atoms with van der Waals surface area (Å²) in [7, 11) is 0. The molecule has 0 bridgehead atoms. The lowest BCUT2D eigenvalue weighted by Gasteiger charge is -1.99. The van der Waals surface area contributed by atoms with Crippen LogP contribution in [-0.4, -0.2) is 12.2 Å². The molecule has 1 aromatic carbocycles. The van der Waals surface area contributed by atoms with E-state index in [1.165, 1.54) is 6.08 Å². The maximum absolute atomic E-state index is 11.0. The first-order chi connectivity index (χ1) is 7.33. The summed E-state index contributed by atoms with van der Waals surface area (Å²) < 4.78 is 0. The molecule has 1 aromatic rings. The highest BCUT2D eigenvalue weighted by molar-refractivity contribution is 6.00. The second kappa shape index (κ2) is 8.69. The van der Waals surface area contributed by atoms with Crippen LogP contribution in [-0.2, 0) is 9.59 Å². The minimum absolute atomic E-state index is 0.307. The summed E-state index contributed by atoms with van der Waals surface area (Å²) in [6.45, 7) is 4.00. The van der Waals surface area contributed by atoms with Crippen LogP contribution in [0.3, 0.4) is 0 Å². The molecule has 0 atom stereocenters. The Bertz CT molecular complexity index is 318. The predicted octanol–water partition coefficient (Wildman–Crippen LogP) is 2.41. The smallest absolute Gasteiger partial charge is 0.248 e. The number of nitrogens with one attached hydrogen (secondary N) is 1. The molecule has 0 unspecified atom stereocenters. The Balaban J connectivity index is 0.000000921. The van der Waals surface area contributed by atoms with Gasteiger partial charge in [-0.3, -0.25) is 9.59 Å². The Morgan fingerprint density at radius 1 is 1.20 bits per heavy atom. The van der Waals surface area contributed by atoms with Gasteiger partial charge in [0.1, 0.15) is 6.29 Å². The minimum atomic E-state index is -0.307. The van der Waals surface area contributed by atoms with Crippen LogP contribution in [0.15, 0.2) is 42.5 Å². The number of hydrogen-bond donors (Lipinski definition) is 1. The topological polar surface area (TPSA) is 46.2 Å². The lowest BCUT2D eigenvalue weighted by Crippen LogP contribution is -2.07. The molecule has 15 heavy (non-hydrogen) atoms. The van der Waals surface area contributed by atoms with E-state index in [1.807, 2.05) is 32.0 Å². The molecule has 0 radical (unpaired) electrons. The molecule has 3 heteroatoms. The van der Waals surface area contributed by atoms with Crippen LogP contribution in [0, 0.1) is 0 Å². The largest absolute Gasteiger partial charge is 0.323 e. The van der Waals surface area contributed by atoms with Crippen molar-refractivity contribution in [1.82, 2.24) is 0 Å². The number of benzene rings is 1. The molecule has 0 saturated carbocycles. The summed E-state index contributed by atoms with van der Waals surface area (Å²) in [5.74, 6) is -0.307. The highest BCUT2D eigenvalue weighted by Crippen LogP contribution is 2.04. The van der Waals surface area contributed by atoms with Gasteiger partial charge >= 0.3 is 0 Å². The van der Waals surface area contributed by atoms with Crippen LogP contribution in [0.1, 0.15) is 13.8 Å². The van der Waals surface area contributed by atoms with E-state index in [4.69, 9.17) is 0 Å². The molecular formula is C12H15NO2. The number of hydrogen-bond acceptors (Lipinski definition) is 2. The highest BCUT2D eigenvalue weighted by atomic mass is 16.1. The Morgan fingerprint density at radius 3 is 2.33 bits per heavy atom. The van der Waals surface area contributed by atoms with Crippen molar-refractivity contribution in [2.24, 2.45) is 0 Å². The maximum Gasteiger partial charge on any atom is 0.248 e. The highest BCUT2D eigenvalue weighted by Gasteiger charge is 1.94. The van der Waals surface area contributed by atoms with Crippen molar-refractivity contribution in [3.05, 3.63) is 42.5 Å². The minimum Gasteiger partial charge on any atom is -0.323 e. The van der Waals surface area contributed by atoms with Gasteiger partial charge in [-0.25, -0.2) is 0 Å². The average Bonchev–Trinajstić information content (AvgIpc) is 2.30. The number of para-hydroxylation sites is 1. The normalized spacial score (nSPS) is 8.93. The monoisotopic (exact) mass is 205 g/mol. The molecule has 80 valence electrons. The van der Waals surface area contributed by atoms with Crippen LogP contribution in [0.2, 0.25) is 0 Å². The van der Waals surface area contributed by atoms with E-state index >= 15 is 0 Å². The number of carbonyl (C=O) groups is 2. The lowest BCUT2D eigenvalue weighted by molar-refractivity contribution is -0.112. The second-order valence-corrected chi connectivity index (χ2v) is 2.35. The van der Waals surface area contributed by atoms with E-state index in [2.05, 4.69) is 5.32 Å². The third kappa shape index (κ3) is 6.21. The van der Waals surface area contributed by atoms with E-state index < -0.39 is 0 Å². The molecule has 0 aliphatic rings. The van der Waals surface area contributed by atoms with Gasteiger partial charge in [0, 0.05) is 11.8 Å². The Morgan fingerprint density at radius 2 is 1.80 bits per heavy atom. The predicted molar refractivity (Wildman–Crippen MR) is 61.6 cm³/mol. The Kier molecular flexibility index (Phi) is 7.59. The van der Waals surface area contributed by atoms with Gasteiger partial charge in [0.25, 0.3) is 0 Å². The van der Waals surface area contributed by atoms with Crippen molar-refractivity contribution in [3.63, 3.8) is 0 Å². The van der Waals surface area contributed by atoms with Crippen LogP contribution in [0.4, 0.5) is 5.69 Å². The standard InChI is InChI=1S/C10H9NO2.C2H6/c12-8-4-7-10(13)11-9-5-2-1-3-6-9;1-2/h1-8H,(H,11,13);1-2H3/b7-4-;. The van der Waals surface area contributed by atoms with Crippen LogP contribution >= 0.6 is 0 Å². The summed E-state index contributed by atoms with van der Waals surface area (Å²) in [5.41, 5.74) is 0.711. The first-order valence-electron chi connectivity index (χ1n) is 4.81. The fourth-order valence-electron chi connectivity index (χ4n) is 0.832. The zero-order valence-electron chi connectivity index (χ0n) is 8.94. The van der Waals surface area contributed by atoms with Gasteiger partial charge in [-0.05, 0) is 18.2 Å². The van der Waals surface area contributed by atoms with Crippen molar-refractivity contribution in [1.29, 1.82) is 0 Å². The number of amides is 1. The summed E-state index contributed by atoms with van der Waals surface area (Å²) in [6, 6.07) is 9.04. The van der Waals surface area contributed by atoms with Gasteiger partial charge in [0.05, 0.1) is 0 Å². The van der Waals surface area contributed by atoms with E-state index in [0.717, 1.165) is 6.08 Å². The molecule has 0 aliphatic heterocycles. The van der Waals surface area contributed by atoms with E-state index in [-0.39, 0.29) is 5.91 Å². The summed E-state index contributed by atoms with van der Waals surface area (Å²) >= 11 is 0. The van der Waals surface area contributed by atoms with Gasteiger partial charge in [0.15, 0.2) is 0 Å². The third-order valence-electron chi connectivity index (χ3n) is 1.37. The molecular weight excluding hydrogens is 190 g/mol. The molecule has 0 saturated heterocycles. The van der Waals surface area contributed by atoms with Crippen LogP contribution in [0.5, 0.6) is 0 Å². The number of aldehydes is 1. The summed E-state index contributed by atoms with van der Waals surface area (Å²) in [4.78, 5) is 20.9. The lowest BCUT2D eigenvalue weighted by atomic mass is 10.3. The first kappa shape index (κ1) is 13.1. The molecule has 1 N–H and O–H groups in total. The first-order valence-corrected chi connectivity index (χ1v) is 4.81. The van der Waals surface area contributed by atoms with E-state index in [0.29, 0.717) is 12.0 Å². The van der Waals surface area contributed by atoms with Gasteiger partial charge in [-0.15, -0.1) is 0 Å². The van der Waals surface area contributed by atoms with Crippen LogP contribution < -0.4 is 5.32 Å². The number of allylic oxidation sites excluding steroid dienone is 1. The fourth-order valence-corrected chi connectivity index (χ4v) is 0.832. The fraction of sp³-hybridized carbons (Fsp3) is 0.167. The Labute approximate surface area is 89.8 Å². The zero-order valence-corrected chi connectivity index (χ0v) is 8.94. The van der Waals surface area contributed by atoms with Crippen molar-refractivity contribution >= 4 is 17.9 Å². The second-order valence-electron chi connectivity index (χ2n) is 2.35. The molecule has 1 amide bonds. The van der Waals surface area contributed by atoms with Gasteiger partial charge in [0.2, 0.25) is 5.91 Å². The van der Waals surface area contributed by atoms with Crippen molar-refractivity contribution < 1.29 is 9.59 Å². The van der Waals surface area contributed by atoms with E-state index in [1.54, 1.807) is 12.1 Å². The zero-order chi connectivity index (χ0) is 11.5. The van der Waals surface area contributed by atoms with Gasteiger partial charge < -0.3 is 5.32 Å². The summed E-state index contributed by atoms with van der Waals surface area (Å²) in [5, 5.41) is 2.59. The summed E-state index contributed by atoms with van der Waals surface area (Å²) in [6.07, 6.45) is 2.89. The average molecular weight is 205 g/mol. The van der Waals surface area contributed by atoms with Gasteiger partial charge in [-0.1, -0.05) is 32.0 Å². The van der Waals surface area contributed by atoms with Crippen LogP contribution in [0.25, 0.3) is 0 Å². The molecule has 3 nitrogen and oxygen atoms in total. The van der Waals surface area contributed by atoms with E-state index in [9.17, 15) is 9.59 Å². The molecule has 0 spiro atoms. The molecule has 0 heterocycles. The number of anilines is 1. The van der Waals surface area contributed by atoms with Crippen molar-refractivity contribution in [2.45, 2.75) is 13.8 Å². The SMILES string of the molecule is CC.O=C/C=C\C(=O)Nc1ccccc1. The molecule has 0 aromatic heterocycles. The molecule has 1 rings (SSSR count). The maximum atomic E-state index is 11.0. The van der Waals surface area contributed by atoms with Gasteiger partial charge in [-0.2, -0.15) is 0 Å². The third-order valence-corrected chi connectivity index (χ3v) is 1.37. The Hall–Kier alpha value is -1.90. The number of carbonyl (C=O) groups excluding carboxylic acids is 2. The molecule has 0 aliphatic carbocycles. The quantitative estimate of drug-likeness (QED) is 0.608. The molecule has 0 fully saturated rings. The van der Waals surface area contributed by atoms with Crippen molar-refractivity contribution in [2.75, 3.05) is 5.32 Å².